The molecular weight excluding hydrogens is 296 g/mol. The predicted octanol–water partition coefficient (Wildman–Crippen LogP) is 5.48. The molecule has 3 nitrogen and oxygen atoms in total. The molecular formula is C21H22N2O. The first-order chi connectivity index (χ1) is 11.4. The topological polar surface area (TPSA) is 44.9 Å². The average molecular weight is 318 g/mol. The van der Waals surface area contributed by atoms with Gasteiger partial charge in [0.25, 0.3) is 5.91 Å². The number of anilines is 1. The summed E-state index contributed by atoms with van der Waals surface area (Å²) in [5.41, 5.74) is 3.74. The number of fused-ring (bicyclic) bond motifs is 1. The Hall–Kier alpha value is -2.81. The Labute approximate surface area is 142 Å². The first-order valence-corrected chi connectivity index (χ1v) is 8.08. The highest BCUT2D eigenvalue weighted by atomic mass is 16.1. The van der Waals surface area contributed by atoms with Crippen LogP contribution in [0.15, 0.2) is 60.8 Å². The van der Waals surface area contributed by atoms with Gasteiger partial charge in [0.15, 0.2) is 0 Å². The van der Waals surface area contributed by atoms with Gasteiger partial charge in [-0.1, -0.05) is 45.1 Å². The van der Waals surface area contributed by atoms with E-state index in [0.717, 1.165) is 22.2 Å². The number of aromatic nitrogens is 1. The fourth-order valence-corrected chi connectivity index (χ4v) is 2.43. The summed E-state index contributed by atoms with van der Waals surface area (Å²) in [6.07, 6.45) is 6.13. The van der Waals surface area contributed by atoms with Crippen molar-refractivity contribution in [2.45, 2.75) is 20.8 Å². The molecule has 0 aliphatic heterocycles. The first kappa shape index (κ1) is 16.1. The number of hydrogen-bond acceptors (Lipinski definition) is 1. The third-order valence-electron chi connectivity index (χ3n) is 3.76. The van der Waals surface area contributed by atoms with Crippen LogP contribution in [0.1, 0.15) is 36.7 Å². The van der Waals surface area contributed by atoms with Crippen LogP contribution in [0.3, 0.4) is 0 Å². The Kier molecular flexibility index (Phi) is 4.26. The Bertz CT molecular complexity index is 880. The number of rotatable bonds is 3. The zero-order valence-electron chi connectivity index (χ0n) is 14.3. The summed E-state index contributed by atoms with van der Waals surface area (Å²) >= 11 is 0. The lowest BCUT2D eigenvalue weighted by Gasteiger charge is -2.11. The van der Waals surface area contributed by atoms with Crippen LogP contribution >= 0.6 is 0 Å². The molecule has 0 radical (unpaired) electrons. The second kappa shape index (κ2) is 6.36. The van der Waals surface area contributed by atoms with Crippen LogP contribution in [-0.2, 0) is 0 Å². The summed E-state index contributed by atoms with van der Waals surface area (Å²) in [6.45, 7) is 6.48. The summed E-state index contributed by atoms with van der Waals surface area (Å²) in [5.74, 6) is -0.101. The van der Waals surface area contributed by atoms with Gasteiger partial charge < -0.3 is 10.3 Å². The van der Waals surface area contributed by atoms with E-state index in [9.17, 15) is 4.79 Å². The van der Waals surface area contributed by atoms with Crippen molar-refractivity contribution >= 4 is 28.6 Å². The number of amides is 1. The van der Waals surface area contributed by atoms with Gasteiger partial charge in [0.2, 0.25) is 0 Å². The molecule has 1 amide bonds. The monoisotopic (exact) mass is 318 g/mol. The van der Waals surface area contributed by atoms with Crippen molar-refractivity contribution in [3.8, 4) is 0 Å². The Balaban J connectivity index is 1.71. The van der Waals surface area contributed by atoms with Gasteiger partial charge in [0, 0.05) is 28.4 Å². The van der Waals surface area contributed by atoms with E-state index >= 15 is 0 Å². The molecule has 3 rings (SSSR count). The molecule has 1 aromatic heterocycles. The largest absolute Gasteiger partial charge is 0.361 e. The molecule has 0 atom stereocenters. The van der Waals surface area contributed by atoms with E-state index in [-0.39, 0.29) is 11.3 Å². The molecule has 0 spiro atoms. The maximum absolute atomic E-state index is 12.4. The van der Waals surface area contributed by atoms with E-state index in [1.807, 2.05) is 54.7 Å². The number of hydrogen-bond donors (Lipinski definition) is 2. The van der Waals surface area contributed by atoms with E-state index in [1.54, 1.807) is 0 Å². The van der Waals surface area contributed by atoms with Crippen molar-refractivity contribution in [3.63, 3.8) is 0 Å². The highest BCUT2D eigenvalue weighted by Gasteiger charge is 2.07. The molecule has 0 fully saturated rings. The third kappa shape index (κ3) is 3.93. The van der Waals surface area contributed by atoms with E-state index < -0.39 is 0 Å². The number of benzene rings is 2. The maximum atomic E-state index is 12.4. The van der Waals surface area contributed by atoms with Crippen LogP contribution in [-0.4, -0.2) is 10.9 Å². The summed E-state index contributed by atoms with van der Waals surface area (Å²) < 4.78 is 0. The van der Waals surface area contributed by atoms with E-state index in [4.69, 9.17) is 0 Å². The van der Waals surface area contributed by atoms with Crippen LogP contribution < -0.4 is 5.32 Å². The molecule has 0 unspecified atom stereocenters. The highest BCUT2D eigenvalue weighted by Crippen LogP contribution is 2.19. The molecule has 3 aromatic rings. The zero-order chi connectivity index (χ0) is 17.2. The number of carbonyl (C=O) groups excluding carboxylic acids is 1. The van der Waals surface area contributed by atoms with Crippen molar-refractivity contribution in [2.24, 2.45) is 5.41 Å². The summed E-state index contributed by atoms with van der Waals surface area (Å²) in [7, 11) is 0. The molecule has 2 N–H and O–H groups in total. The summed E-state index contributed by atoms with van der Waals surface area (Å²) in [4.78, 5) is 15.5. The Morgan fingerprint density at radius 2 is 1.79 bits per heavy atom. The number of carbonyl (C=O) groups is 1. The van der Waals surface area contributed by atoms with Gasteiger partial charge in [-0.05, 0) is 47.4 Å². The molecule has 1 heterocycles. The zero-order valence-corrected chi connectivity index (χ0v) is 14.3. The number of H-pyrrole nitrogens is 1. The molecule has 0 aliphatic carbocycles. The van der Waals surface area contributed by atoms with Gasteiger partial charge >= 0.3 is 0 Å². The standard InChI is InChI=1S/C21H22N2O/c1-21(2,3)12-10-15-4-6-16(7-5-15)20(24)23-18-8-9-19-17(14-18)11-13-22-19/h4-14,22H,1-3H3,(H,23,24)/b12-10+. The van der Waals surface area contributed by atoms with Crippen molar-refractivity contribution in [1.82, 2.24) is 4.98 Å². The molecule has 0 aliphatic rings. The lowest BCUT2D eigenvalue weighted by Crippen LogP contribution is -2.11. The fraction of sp³-hybridized carbons (Fsp3) is 0.190. The van der Waals surface area contributed by atoms with Crippen molar-refractivity contribution in [3.05, 3.63) is 71.9 Å². The summed E-state index contributed by atoms with van der Waals surface area (Å²) in [5, 5.41) is 4.02. The molecule has 2 aromatic carbocycles. The molecule has 0 bridgehead atoms. The predicted molar refractivity (Wildman–Crippen MR) is 101 cm³/mol. The number of nitrogens with one attached hydrogen (secondary N) is 2. The van der Waals surface area contributed by atoms with Crippen LogP contribution in [0, 0.1) is 5.41 Å². The quantitative estimate of drug-likeness (QED) is 0.660. The molecule has 0 saturated heterocycles. The Morgan fingerprint density at radius 3 is 2.50 bits per heavy atom. The van der Waals surface area contributed by atoms with Gasteiger partial charge in [-0.3, -0.25) is 4.79 Å². The molecule has 3 heteroatoms. The lowest BCUT2D eigenvalue weighted by atomic mass is 9.95. The number of aromatic amines is 1. The smallest absolute Gasteiger partial charge is 0.255 e. The average Bonchev–Trinajstić information content (AvgIpc) is 3.00. The first-order valence-electron chi connectivity index (χ1n) is 8.08. The SMILES string of the molecule is CC(C)(C)/C=C/c1ccc(C(=O)Nc2ccc3[nH]ccc3c2)cc1. The van der Waals surface area contributed by atoms with Gasteiger partial charge in [0.05, 0.1) is 0 Å². The van der Waals surface area contributed by atoms with Crippen LogP contribution in [0.4, 0.5) is 5.69 Å². The minimum Gasteiger partial charge on any atom is -0.361 e. The van der Waals surface area contributed by atoms with Gasteiger partial charge in [-0.2, -0.15) is 0 Å². The van der Waals surface area contributed by atoms with E-state index in [1.165, 1.54) is 0 Å². The number of allylic oxidation sites excluding steroid dienone is 1. The van der Waals surface area contributed by atoms with E-state index in [0.29, 0.717) is 5.56 Å². The van der Waals surface area contributed by atoms with Crippen molar-refractivity contribution in [1.29, 1.82) is 0 Å². The van der Waals surface area contributed by atoms with Gasteiger partial charge in [-0.15, -0.1) is 0 Å². The lowest BCUT2D eigenvalue weighted by molar-refractivity contribution is 0.102. The van der Waals surface area contributed by atoms with E-state index in [2.05, 4.69) is 43.2 Å². The third-order valence-corrected chi connectivity index (χ3v) is 3.76. The molecule has 0 saturated carbocycles. The van der Waals surface area contributed by atoms with Crippen LogP contribution in [0.5, 0.6) is 0 Å². The van der Waals surface area contributed by atoms with Crippen LogP contribution in [0.25, 0.3) is 17.0 Å². The fourth-order valence-electron chi connectivity index (χ4n) is 2.43. The minimum atomic E-state index is -0.101. The maximum Gasteiger partial charge on any atom is 0.255 e. The second-order valence-electron chi connectivity index (χ2n) is 7.06. The molecule has 122 valence electrons. The molecule has 24 heavy (non-hydrogen) atoms. The summed E-state index contributed by atoms with van der Waals surface area (Å²) in [6, 6.07) is 15.5. The van der Waals surface area contributed by atoms with Gasteiger partial charge in [-0.25, -0.2) is 0 Å². The Morgan fingerprint density at radius 1 is 1.04 bits per heavy atom. The van der Waals surface area contributed by atoms with Crippen LogP contribution in [0.2, 0.25) is 0 Å². The van der Waals surface area contributed by atoms with Crippen molar-refractivity contribution < 1.29 is 4.79 Å². The normalized spacial score (nSPS) is 12.0. The highest BCUT2D eigenvalue weighted by molar-refractivity contribution is 6.05. The minimum absolute atomic E-state index is 0.101. The van der Waals surface area contributed by atoms with Gasteiger partial charge in [0.1, 0.15) is 0 Å². The van der Waals surface area contributed by atoms with Crippen molar-refractivity contribution in [2.75, 3.05) is 5.32 Å². The second-order valence-corrected chi connectivity index (χ2v) is 7.06.